The molecule has 0 aromatic carbocycles. The number of nitrogens with two attached hydrogens (primary N) is 1. The molecule has 0 bridgehead atoms. The topological polar surface area (TPSA) is 79.5 Å². The van der Waals surface area contributed by atoms with Gasteiger partial charge in [-0.2, -0.15) is 0 Å². The number of carbonyl (C=O) groups excluding carboxylic acids is 1. The summed E-state index contributed by atoms with van der Waals surface area (Å²) in [5.41, 5.74) is 5.71. The fourth-order valence-corrected chi connectivity index (χ4v) is 1.98. The number of carbonyl (C=O) groups is 1. The van der Waals surface area contributed by atoms with E-state index in [1.54, 1.807) is 0 Å². The van der Waals surface area contributed by atoms with Crippen LogP contribution in [0.1, 0.15) is 38.5 Å². The molecule has 0 atom stereocenters. The molecule has 2 rings (SSSR count). The Morgan fingerprint density at radius 1 is 1.12 bits per heavy atom. The van der Waals surface area contributed by atoms with Crippen LogP contribution < -0.4 is 16.4 Å². The standard InChI is InChI=1S/C11H20N4O/c12-11(15-8-3-1-2-4-8)13-7-10(16)14-9-5-6-9/h8-9H,1-7H2,(H,14,16)(H3,12,13,15). The number of nitrogens with one attached hydrogen (secondary N) is 2. The molecule has 0 aliphatic heterocycles. The lowest BCUT2D eigenvalue weighted by molar-refractivity contribution is -0.119. The molecule has 16 heavy (non-hydrogen) atoms. The lowest BCUT2D eigenvalue weighted by Crippen LogP contribution is -2.39. The highest BCUT2D eigenvalue weighted by Gasteiger charge is 2.22. The van der Waals surface area contributed by atoms with Crippen molar-refractivity contribution in [2.75, 3.05) is 6.54 Å². The highest BCUT2D eigenvalue weighted by atomic mass is 16.1. The number of hydrogen-bond acceptors (Lipinski definition) is 2. The van der Waals surface area contributed by atoms with Gasteiger partial charge in [-0.25, -0.2) is 4.99 Å². The maximum atomic E-state index is 11.3. The normalized spacial score (nSPS) is 22.1. The molecule has 0 aromatic heterocycles. The molecule has 2 fully saturated rings. The second-order valence-corrected chi connectivity index (χ2v) is 4.67. The summed E-state index contributed by atoms with van der Waals surface area (Å²) in [6, 6.07) is 0.849. The van der Waals surface area contributed by atoms with E-state index in [2.05, 4.69) is 15.6 Å². The molecular weight excluding hydrogens is 204 g/mol. The summed E-state index contributed by atoms with van der Waals surface area (Å²) in [5.74, 6) is 0.372. The highest BCUT2D eigenvalue weighted by Crippen LogP contribution is 2.18. The van der Waals surface area contributed by atoms with Crippen molar-refractivity contribution >= 4 is 11.9 Å². The molecule has 0 aromatic rings. The number of rotatable bonds is 4. The Bertz CT molecular complexity index is 280. The minimum atomic E-state index is -0.0290. The summed E-state index contributed by atoms with van der Waals surface area (Å²) >= 11 is 0. The molecule has 2 aliphatic rings. The highest BCUT2D eigenvalue weighted by molar-refractivity contribution is 5.84. The molecule has 5 heteroatoms. The summed E-state index contributed by atoms with van der Waals surface area (Å²) in [4.78, 5) is 15.4. The number of guanidine groups is 1. The van der Waals surface area contributed by atoms with E-state index in [1.807, 2.05) is 0 Å². The molecule has 0 heterocycles. The predicted octanol–water partition coefficient (Wildman–Crippen LogP) is 0.112. The summed E-state index contributed by atoms with van der Waals surface area (Å²) in [6.45, 7) is 0.141. The monoisotopic (exact) mass is 224 g/mol. The van der Waals surface area contributed by atoms with Gasteiger partial charge in [0.05, 0.1) is 0 Å². The van der Waals surface area contributed by atoms with Crippen molar-refractivity contribution in [1.29, 1.82) is 0 Å². The van der Waals surface area contributed by atoms with Crippen molar-refractivity contribution in [3.63, 3.8) is 0 Å². The molecule has 4 N–H and O–H groups in total. The van der Waals surface area contributed by atoms with Crippen LogP contribution in [0, 0.1) is 0 Å². The van der Waals surface area contributed by atoms with Crippen LogP contribution in [0.5, 0.6) is 0 Å². The van der Waals surface area contributed by atoms with E-state index in [0.717, 1.165) is 25.7 Å². The Morgan fingerprint density at radius 2 is 1.75 bits per heavy atom. The third kappa shape index (κ3) is 3.72. The number of nitrogens with zero attached hydrogens (tertiary/aromatic N) is 1. The van der Waals surface area contributed by atoms with Crippen molar-refractivity contribution in [2.24, 2.45) is 10.7 Å². The van der Waals surface area contributed by atoms with Gasteiger partial charge in [0, 0.05) is 12.1 Å². The number of hydrogen-bond donors (Lipinski definition) is 3. The average Bonchev–Trinajstić information content (AvgIpc) is 2.91. The van der Waals surface area contributed by atoms with E-state index in [9.17, 15) is 4.79 Å². The van der Waals surface area contributed by atoms with Crippen molar-refractivity contribution < 1.29 is 4.79 Å². The molecule has 0 unspecified atom stereocenters. The molecule has 90 valence electrons. The van der Waals surface area contributed by atoms with Crippen molar-refractivity contribution in [3.05, 3.63) is 0 Å². The Hall–Kier alpha value is -1.26. The first-order chi connectivity index (χ1) is 7.74. The SMILES string of the molecule is NC(=NCC(=O)NC1CC1)NC1CCCC1. The maximum absolute atomic E-state index is 11.3. The minimum Gasteiger partial charge on any atom is -0.370 e. The van der Waals surface area contributed by atoms with Crippen LogP contribution in [0.3, 0.4) is 0 Å². The summed E-state index contributed by atoms with van der Waals surface area (Å²) in [5, 5.41) is 6.02. The second kappa shape index (κ2) is 5.18. The van der Waals surface area contributed by atoms with Crippen molar-refractivity contribution in [1.82, 2.24) is 10.6 Å². The van der Waals surface area contributed by atoms with Gasteiger partial charge in [0.2, 0.25) is 5.91 Å². The van der Waals surface area contributed by atoms with Crippen LogP contribution in [0.25, 0.3) is 0 Å². The maximum Gasteiger partial charge on any atom is 0.242 e. The smallest absolute Gasteiger partial charge is 0.242 e. The van der Waals surface area contributed by atoms with Crippen molar-refractivity contribution in [3.8, 4) is 0 Å². The molecule has 2 aliphatic carbocycles. The van der Waals surface area contributed by atoms with Gasteiger partial charge in [-0.05, 0) is 25.7 Å². The number of amides is 1. The lowest BCUT2D eigenvalue weighted by atomic mass is 10.2. The molecular formula is C11H20N4O. The largest absolute Gasteiger partial charge is 0.370 e. The lowest BCUT2D eigenvalue weighted by Gasteiger charge is -2.12. The van der Waals surface area contributed by atoms with Gasteiger partial charge in [-0.3, -0.25) is 4.79 Å². The Labute approximate surface area is 95.9 Å². The number of aliphatic imine (C=N–C) groups is 1. The van der Waals surface area contributed by atoms with Crippen LogP contribution in [-0.2, 0) is 4.79 Å². The zero-order chi connectivity index (χ0) is 11.4. The van der Waals surface area contributed by atoms with E-state index >= 15 is 0 Å². The quantitative estimate of drug-likeness (QED) is 0.468. The van der Waals surface area contributed by atoms with Crippen LogP contribution >= 0.6 is 0 Å². The zero-order valence-corrected chi connectivity index (χ0v) is 9.54. The van der Waals surface area contributed by atoms with E-state index in [-0.39, 0.29) is 12.5 Å². The van der Waals surface area contributed by atoms with Crippen molar-refractivity contribution in [2.45, 2.75) is 50.6 Å². The molecule has 0 radical (unpaired) electrons. The fraction of sp³-hybridized carbons (Fsp3) is 0.818. The van der Waals surface area contributed by atoms with Gasteiger partial charge >= 0.3 is 0 Å². The third-order valence-corrected chi connectivity index (χ3v) is 3.04. The average molecular weight is 224 g/mol. The van der Waals surface area contributed by atoms with Gasteiger partial charge in [-0.1, -0.05) is 12.8 Å². The first-order valence-electron chi connectivity index (χ1n) is 6.10. The first kappa shape index (κ1) is 11.2. The summed E-state index contributed by atoms with van der Waals surface area (Å²) in [7, 11) is 0. The van der Waals surface area contributed by atoms with E-state index in [0.29, 0.717) is 18.0 Å². The Kier molecular flexibility index (Phi) is 3.64. The van der Waals surface area contributed by atoms with E-state index < -0.39 is 0 Å². The zero-order valence-electron chi connectivity index (χ0n) is 9.54. The fourth-order valence-electron chi connectivity index (χ4n) is 1.98. The second-order valence-electron chi connectivity index (χ2n) is 4.67. The van der Waals surface area contributed by atoms with E-state index in [1.165, 1.54) is 12.8 Å². The minimum absolute atomic E-state index is 0.0290. The molecule has 0 saturated heterocycles. The molecule has 1 amide bonds. The van der Waals surface area contributed by atoms with Gasteiger partial charge < -0.3 is 16.4 Å². The van der Waals surface area contributed by atoms with E-state index in [4.69, 9.17) is 5.73 Å². The molecule has 2 saturated carbocycles. The van der Waals surface area contributed by atoms with Crippen LogP contribution in [0.4, 0.5) is 0 Å². The van der Waals surface area contributed by atoms with Gasteiger partial charge in [-0.15, -0.1) is 0 Å². The molecule has 5 nitrogen and oxygen atoms in total. The van der Waals surface area contributed by atoms with Gasteiger partial charge in [0.25, 0.3) is 0 Å². The van der Waals surface area contributed by atoms with Gasteiger partial charge in [0.1, 0.15) is 6.54 Å². The summed E-state index contributed by atoms with van der Waals surface area (Å²) in [6.07, 6.45) is 7.03. The van der Waals surface area contributed by atoms with Crippen LogP contribution in [0.2, 0.25) is 0 Å². The van der Waals surface area contributed by atoms with Gasteiger partial charge in [0.15, 0.2) is 5.96 Å². The van der Waals surface area contributed by atoms with Crippen LogP contribution in [0.15, 0.2) is 4.99 Å². The Morgan fingerprint density at radius 3 is 2.38 bits per heavy atom. The summed E-state index contributed by atoms with van der Waals surface area (Å²) < 4.78 is 0. The van der Waals surface area contributed by atoms with Crippen LogP contribution in [-0.4, -0.2) is 30.5 Å². The third-order valence-electron chi connectivity index (χ3n) is 3.04. The Balaban J connectivity index is 1.66. The first-order valence-corrected chi connectivity index (χ1v) is 6.10. The molecule has 0 spiro atoms. The predicted molar refractivity (Wildman–Crippen MR) is 63.0 cm³/mol.